The van der Waals surface area contributed by atoms with E-state index in [0.29, 0.717) is 23.7 Å². The third kappa shape index (κ3) is 6.60. The van der Waals surface area contributed by atoms with Gasteiger partial charge in [-0.2, -0.15) is 0 Å². The van der Waals surface area contributed by atoms with Crippen molar-refractivity contribution in [2.45, 2.75) is 92.9 Å². The summed E-state index contributed by atoms with van der Waals surface area (Å²) in [5.74, 6) is 1.74. The summed E-state index contributed by atoms with van der Waals surface area (Å²) in [6.45, 7) is 22.3. The molecule has 0 spiro atoms. The van der Waals surface area contributed by atoms with Gasteiger partial charge in [0.25, 0.3) is 0 Å². The molecule has 0 heterocycles. The number of hydrogen-bond donors (Lipinski definition) is 1. The summed E-state index contributed by atoms with van der Waals surface area (Å²) >= 11 is -0.829. The molecule has 0 bridgehead atoms. The first-order valence-electron chi connectivity index (χ1n) is 12.2. The maximum absolute atomic E-state index is 6.47. The second-order valence-corrected chi connectivity index (χ2v) is 11.7. The van der Waals surface area contributed by atoms with Crippen LogP contribution in [0.4, 0.5) is 11.4 Å². The molecule has 0 aliphatic heterocycles. The molecular formula is C29H43GeN3. The van der Waals surface area contributed by atoms with Crippen LogP contribution in [0.25, 0.3) is 0 Å². The van der Waals surface area contributed by atoms with Crippen LogP contribution >= 0.6 is 0 Å². The third-order valence-corrected chi connectivity index (χ3v) is 7.85. The number of para-hydroxylation sites is 2. The Kier molecular flexibility index (Phi) is 9.99. The molecule has 0 fully saturated rings. The zero-order valence-electron chi connectivity index (χ0n) is 22.3. The van der Waals surface area contributed by atoms with Crippen LogP contribution in [-0.4, -0.2) is 21.6 Å². The molecule has 0 aliphatic rings. The van der Waals surface area contributed by atoms with E-state index in [1.54, 1.807) is 0 Å². The normalized spacial score (nSPS) is 13.1. The van der Waals surface area contributed by atoms with Gasteiger partial charge < -0.3 is 0 Å². The molecule has 0 amide bonds. The Hall–Kier alpha value is -1.85. The third-order valence-electron chi connectivity index (χ3n) is 6.10. The van der Waals surface area contributed by atoms with Crippen molar-refractivity contribution in [1.29, 1.82) is 0 Å². The second-order valence-electron chi connectivity index (χ2n) is 10.2. The van der Waals surface area contributed by atoms with Gasteiger partial charge in [0, 0.05) is 0 Å². The number of nitrogens with two attached hydrogens (primary N) is 1. The van der Waals surface area contributed by atoms with Gasteiger partial charge in [0.15, 0.2) is 0 Å². The van der Waals surface area contributed by atoms with Gasteiger partial charge in [-0.3, -0.25) is 0 Å². The number of hydrogen-bond acceptors (Lipinski definition) is 3. The predicted molar refractivity (Wildman–Crippen MR) is 148 cm³/mol. The number of rotatable bonds is 9. The maximum atomic E-state index is 6.47. The van der Waals surface area contributed by atoms with Crippen LogP contribution in [0.15, 0.2) is 53.2 Å². The van der Waals surface area contributed by atoms with E-state index >= 15 is 0 Å². The summed E-state index contributed by atoms with van der Waals surface area (Å²) in [5.41, 5.74) is 9.96. The molecule has 33 heavy (non-hydrogen) atoms. The average molecular weight is 506 g/mol. The molecular weight excluding hydrogens is 463 g/mol. The van der Waals surface area contributed by atoms with Crippen molar-refractivity contribution in [2.75, 3.05) is 3.86 Å². The molecule has 0 aliphatic carbocycles. The van der Waals surface area contributed by atoms with E-state index in [1.165, 1.54) is 33.6 Å². The molecule has 2 radical (unpaired) electrons. The summed E-state index contributed by atoms with van der Waals surface area (Å²) in [7, 11) is 0. The van der Waals surface area contributed by atoms with Crippen LogP contribution in [0.1, 0.15) is 115 Å². The van der Waals surface area contributed by atoms with Gasteiger partial charge in [-0.05, 0) is 0 Å². The Morgan fingerprint density at radius 2 is 1.15 bits per heavy atom. The molecule has 0 atom stereocenters. The van der Waals surface area contributed by atoms with Crippen LogP contribution in [-0.2, 0) is 0 Å². The van der Waals surface area contributed by atoms with E-state index in [4.69, 9.17) is 9.68 Å². The van der Waals surface area contributed by atoms with Crippen molar-refractivity contribution in [3.8, 4) is 0 Å². The molecule has 0 aromatic heterocycles. The van der Waals surface area contributed by atoms with Crippen LogP contribution in [0.2, 0.25) is 0 Å². The molecule has 0 unspecified atom stereocenters. The number of anilines is 1. The zero-order valence-corrected chi connectivity index (χ0v) is 24.4. The molecule has 2 aromatic carbocycles. The quantitative estimate of drug-likeness (QED) is 0.275. The monoisotopic (exact) mass is 507 g/mol. The fourth-order valence-corrected chi connectivity index (χ4v) is 5.70. The van der Waals surface area contributed by atoms with Gasteiger partial charge in [0.2, 0.25) is 0 Å². The Morgan fingerprint density at radius 3 is 1.52 bits per heavy atom. The predicted octanol–water partition coefficient (Wildman–Crippen LogP) is 8.18. The van der Waals surface area contributed by atoms with E-state index < -0.39 is 15.9 Å². The standard InChI is InChI=1S/C29H43GeN3/c1-18(2)24-13-11-14-25(19(3)4)28(24)32-22(9)17-23(10)33(30-31)29-26(20(5)6)15-12-16-27(29)21(7)8/h11-21H,31H2,1-10H3/b23-17-,32-22?. The number of allylic oxidation sites excluding steroid dienone is 2. The molecule has 2 aromatic rings. The molecule has 0 saturated carbocycles. The Labute approximate surface area is 209 Å². The number of aliphatic imine (C=N–C) groups is 1. The zero-order chi connectivity index (χ0) is 24.9. The van der Waals surface area contributed by atoms with Crippen molar-refractivity contribution < 1.29 is 0 Å². The van der Waals surface area contributed by atoms with Gasteiger partial charge in [-0.15, -0.1) is 0 Å². The van der Waals surface area contributed by atoms with Crippen LogP contribution in [0.3, 0.4) is 0 Å². The Morgan fingerprint density at radius 1 is 0.758 bits per heavy atom. The van der Waals surface area contributed by atoms with Crippen molar-refractivity contribution >= 4 is 33.0 Å². The van der Waals surface area contributed by atoms with Gasteiger partial charge in [-0.1, -0.05) is 0 Å². The summed E-state index contributed by atoms with van der Waals surface area (Å²) in [5, 5.41) is 0. The van der Waals surface area contributed by atoms with E-state index in [1.807, 2.05) is 0 Å². The van der Waals surface area contributed by atoms with E-state index in [-0.39, 0.29) is 0 Å². The summed E-state index contributed by atoms with van der Waals surface area (Å²) < 4.78 is 8.85. The Balaban J connectivity index is 2.61. The number of benzene rings is 2. The molecule has 3 nitrogen and oxygen atoms in total. The van der Waals surface area contributed by atoms with Gasteiger partial charge in [0.1, 0.15) is 0 Å². The van der Waals surface area contributed by atoms with Crippen LogP contribution in [0, 0.1) is 0 Å². The Bertz CT molecular complexity index is 947. The second kappa shape index (κ2) is 12.0. The van der Waals surface area contributed by atoms with Crippen molar-refractivity contribution in [3.05, 3.63) is 70.4 Å². The molecule has 2 rings (SSSR count). The van der Waals surface area contributed by atoms with Gasteiger partial charge in [0.05, 0.1) is 0 Å². The summed E-state index contributed by atoms with van der Waals surface area (Å²) in [4.78, 5) is 5.15. The van der Waals surface area contributed by atoms with E-state index in [9.17, 15) is 0 Å². The van der Waals surface area contributed by atoms with Crippen LogP contribution < -0.4 is 8.55 Å². The van der Waals surface area contributed by atoms with E-state index in [0.717, 1.165) is 11.4 Å². The summed E-state index contributed by atoms with van der Waals surface area (Å²) in [6, 6.07) is 13.3. The number of nitrogens with zero attached hydrogens (tertiary/aromatic N) is 2. The van der Waals surface area contributed by atoms with Crippen molar-refractivity contribution in [2.24, 2.45) is 9.68 Å². The first-order valence-corrected chi connectivity index (χ1v) is 14.4. The molecule has 0 saturated heterocycles. The minimum atomic E-state index is -0.829. The van der Waals surface area contributed by atoms with Crippen molar-refractivity contribution in [1.82, 2.24) is 0 Å². The first kappa shape index (κ1) is 27.4. The minimum absolute atomic E-state index is 0.430. The van der Waals surface area contributed by atoms with Gasteiger partial charge in [-0.25, -0.2) is 0 Å². The van der Waals surface area contributed by atoms with Crippen molar-refractivity contribution in [3.63, 3.8) is 0 Å². The first-order chi connectivity index (χ1) is 15.5. The SMILES string of the molecule is CC(/C=C(/C)[N]([Ge][NH2])c1c(C(C)C)cccc1C(C)C)=Nc1c(C(C)C)cccc1C(C)C. The molecule has 4 heteroatoms. The summed E-state index contributed by atoms with van der Waals surface area (Å²) in [6.07, 6.45) is 2.21. The molecule has 178 valence electrons. The van der Waals surface area contributed by atoms with Crippen LogP contribution in [0.5, 0.6) is 0 Å². The fraction of sp³-hybridized carbons (Fsp3) is 0.483. The topological polar surface area (TPSA) is 41.6 Å². The average Bonchev–Trinajstić information content (AvgIpc) is 2.73. The fourth-order valence-electron chi connectivity index (χ4n) is 4.33. The molecule has 2 N–H and O–H groups in total. The van der Waals surface area contributed by atoms with Gasteiger partial charge >= 0.3 is 210 Å². The van der Waals surface area contributed by atoms with E-state index in [2.05, 4.69) is 116 Å².